The number of likely N-dealkylation sites (tertiary alicyclic amines) is 2. The fourth-order valence-corrected chi connectivity index (χ4v) is 5.95. The molecule has 0 aromatic heterocycles. The Bertz CT molecular complexity index is 1080. The lowest BCUT2D eigenvalue weighted by atomic mass is 9.90. The normalized spacial score (nSPS) is 21.8. The van der Waals surface area contributed by atoms with E-state index in [1.54, 1.807) is 22.8 Å². The second-order valence-corrected chi connectivity index (χ2v) is 12.3. The number of nitrogens with zero attached hydrogens (tertiary/aromatic N) is 3. The maximum Gasteiger partial charge on any atom is 0.309 e. The van der Waals surface area contributed by atoms with E-state index < -0.39 is 11.8 Å². The highest BCUT2D eigenvalue weighted by atomic mass is 16.5. The molecule has 1 aromatic rings. The number of amides is 3. The highest BCUT2D eigenvalue weighted by molar-refractivity contribution is 5.98. The van der Waals surface area contributed by atoms with Crippen molar-refractivity contribution in [2.24, 2.45) is 11.3 Å². The van der Waals surface area contributed by atoms with Gasteiger partial charge in [-0.05, 0) is 44.2 Å². The lowest BCUT2D eigenvalue weighted by molar-refractivity contribution is -0.152. The van der Waals surface area contributed by atoms with E-state index in [9.17, 15) is 19.2 Å². The van der Waals surface area contributed by atoms with E-state index in [4.69, 9.17) is 9.47 Å². The molecule has 3 saturated heterocycles. The first kappa shape index (κ1) is 29.1. The van der Waals surface area contributed by atoms with Gasteiger partial charge in [0.1, 0.15) is 11.8 Å². The predicted molar refractivity (Wildman–Crippen MR) is 146 cm³/mol. The molecular weight excluding hydrogens is 498 g/mol. The molecular formula is C30H43N3O6. The number of hydrogen-bond acceptors (Lipinski definition) is 6. The summed E-state index contributed by atoms with van der Waals surface area (Å²) in [7, 11) is 0. The van der Waals surface area contributed by atoms with Crippen LogP contribution in [0.15, 0.2) is 24.3 Å². The van der Waals surface area contributed by atoms with Crippen molar-refractivity contribution in [2.45, 2.75) is 78.5 Å². The van der Waals surface area contributed by atoms with E-state index in [0.29, 0.717) is 70.5 Å². The van der Waals surface area contributed by atoms with Gasteiger partial charge in [-0.15, -0.1) is 0 Å². The number of hydrogen-bond donors (Lipinski definition) is 0. The van der Waals surface area contributed by atoms with Crippen LogP contribution in [0.2, 0.25) is 0 Å². The molecule has 0 bridgehead atoms. The summed E-state index contributed by atoms with van der Waals surface area (Å²) in [6.07, 6.45) is 2.44. The van der Waals surface area contributed by atoms with E-state index in [0.717, 1.165) is 5.56 Å². The van der Waals surface area contributed by atoms with E-state index in [1.807, 2.05) is 50.8 Å². The summed E-state index contributed by atoms with van der Waals surface area (Å²) < 4.78 is 11.5. The molecule has 0 aliphatic carbocycles. The van der Waals surface area contributed by atoms with Gasteiger partial charge in [0.15, 0.2) is 0 Å². The van der Waals surface area contributed by atoms with E-state index >= 15 is 0 Å². The van der Waals surface area contributed by atoms with Crippen molar-refractivity contribution in [1.82, 2.24) is 14.7 Å². The summed E-state index contributed by atoms with van der Waals surface area (Å²) in [4.78, 5) is 58.2. The molecule has 3 heterocycles. The van der Waals surface area contributed by atoms with E-state index in [-0.39, 0.29) is 41.6 Å². The van der Waals surface area contributed by atoms with Gasteiger partial charge in [-0.25, -0.2) is 0 Å². The maximum atomic E-state index is 14.0. The molecule has 1 spiro atoms. The van der Waals surface area contributed by atoms with Crippen molar-refractivity contribution < 1.29 is 28.7 Å². The summed E-state index contributed by atoms with van der Waals surface area (Å²) in [5, 5.41) is 0. The molecule has 9 nitrogen and oxygen atoms in total. The van der Waals surface area contributed by atoms with Crippen molar-refractivity contribution in [3.8, 4) is 0 Å². The number of ether oxygens (including phenoxy) is 2. The third-order valence-corrected chi connectivity index (χ3v) is 8.04. The van der Waals surface area contributed by atoms with Gasteiger partial charge in [0.2, 0.25) is 11.8 Å². The number of piperidine rings is 2. The maximum absolute atomic E-state index is 14.0. The summed E-state index contributed by atoms with van der Waals surface area (Å²) in [6.45, 7) is 12.1. The van der Waals surface area contributed by atoms with Crippen LogP contribution in [0.3, 0.4) is 0 Å². The zero-order valence-corrected chi connectivity index (χ0v) is 24.0. The number of carbonyl (C=O) groups is 4. The van der Waals surface area contributed by atoms with Crippen molar-refractivity contribution in [3.05, 3.63) is 35.4 Å². The first-order valence-electron chi connectivity index (χ1n) is 14.2. The van der Waals surface area contributed by atoms with Crippen molar-refractivity contribution in [1.29, 1.82) is 0 Å². The van der Waals surface area contributed by atoms with Gasteiger partial charge in [0, 0.05) is 51.0 Å². The van der Waals surface area contributed by atoms with Crippen molar-refractivity contribution >= 4 is 23.7 Å². The molecule has 3 aliphatic rings. The summed E-state index contributed by atoms with van der Waals surface area (Å²) in [6, 6.07) is 6.63. The first-order valence-corrected chi connectivity index (χ1v) is 14.2. The van der Waals surface area contributed by atoms with E-state index in [1.165, 1.54) is 0 Å². The Labute approximate surface area is 231 Å². The molecule has 3 fully saturated rings. The molecule has 3 aliphatic heterocycles. The van der Waals surface area contributed by atoms with Crippen LogP contribution in [0.4, 0.5) is 0 Å². The van der Waals surface area contributed by atoms with Crippen molar-refractivity contribution in [3.63, 3.8) is 0 Å². The summed E-state index contributed by atoms with van der Waals surface area (Å²) in [5.41, 5.74) is 0.427. The lowest BCUT2D eigenvalue weighted by Gasteiger charge is -2.45. The minimum atomic E-state index is -0.942. The fourth-order valence-electron chi connectivity index (χ4n) is 5.95. The average molecular weight is 542 g/mol. The molecule has 1 aromatic carbocycles. The van der Waals surface area contributed by atoms with Gasteiger partial charge in [-0.1, -0.05) is 38.5 Å². The van der Waals surface area contributed by atoms with E-state index in [2.05, 4.69) is 0 Å². The smallest absolute Gasteiger partial charge is 0.309 e. The van der Waals surface area contributed by atoms with Crippen LogP contribution in [0.5, 0.6) is 0 Å². The number of carbonyl (C=O) groups excluding carboxylic acids is 4. The second kappa shape index (κ2) is 11.7. The minimum absolute atomic E-state index is 0.101. The zero-order valence-electron chi connectivity index (χ0n) is 24.0. The predicted octanol–water partition coefficient (Wildman–Crippen LogP) is 3.39. The Morgan fingerprint density at radius 3 is 2.28 bits per heavy atom. The van der Waals surface area contributed by atoms with Crippen LogP contribution in [0, 0.1) is 18.3 Å². The Morgan fingerprint density at radius 2 is 1.69 bits per heavy atom. The van der Waals surface area contributed by atoms with Crippen LogP contribution in [-0.2, 0) is 23.9 Å². The zero-order chi connectivity index (χ0) is 28.4. The van der Waals surface area contributed by atoms with Crippen molar-refractivity contribution in [2.75, 3.05) is 39.4 Å². The van der Waals surface area contributed by atoms with Gasteiger partial charge < -0.3 is 19.3 Å². The molecule has 0 saturated carbocycles. The molecule has 0 unspecified atom stereocenters. The number of benzene rings is 1. The monoisotopic (exact) mass is 541 g/mol. The van der Waals surface area contributed by atoms with Crippen LogP contribution < -0.4 is 0 Å². The summed E-state index contributed by atoms with van der Waals surface area (Å²) in [5.74, 6) is -0.701. The van der Waals surface area contributed by atoms with Gasteiger partial charge >= 0.3 is 5.97 Å². The van der Waals surface area contributed by atoms with Gasteiger partial charge in [-0.2, -0.15) is 0 Å². The topological polar surface area (TPSA) is 96.5 Å². The van der Waals surface area contributed by atoms with Crippen LogP contribution in [0.1, 0.15) is 75.7 Å². The second-order valence-electron chi connectivity index (χ2n) is 12.3. The molecule has 39 heavy (non-hydrogen) atoms. The number of aryl methyl sites for hydroxylation is 1. The standard InChI is InChI=1S/C30H43N3O6/c1-6-38-28(37)22-10-14-32(15-11-22)27(36)24-20-39-30(33(24)26(35)23-9-7-8-21(2)18-23)12-16-31(17-13-30)25(34)19-29(3,4)5/h7-9,18,22,24H,6,10-17,19-20H2,1-5H3/t24-/m1/s1. The highest BCUT2D eigenvalue weighted by Gasteiger charge is 2.55. The van der Waals surface area contributed by atoms with Gasteiger partial charge in [-0.3, -0.25) is 24.1 Å². The minimum Gasteiger partial charge on any atom is -0.466 e. The SMILES string of the molecule is CCOC(=O)C1CCN(C(=O)[C@H]2COC3(CCN(C(=O)CC(C)(C)C)CC3)N2C(=O)c2cccc(C)c2)CC1. The molecule has 3 amide bonds. The molecule has 1 atom stereocenters. The van der Waals surface area contributed by atoms with Crippen LogP contribution in [0.25, 0.3) is 0 Å². The Balaban J connectivity index is 1.53. The molecule has 4 rings (SSSR count). The molecule has 9 heteroatoms. The Kier molecular flexibility index (Phi) is 8.69. The summed E-state index contributed by atoms with van der Waals surface area (Å²) >= 11 is 0. The molecule has 0 radical (unpaired) electrons. The lowest BCUT2D eigenvalue weighted by Crippen LogP contribution is -2.60. The third-order valence-electron chi connectivity index (χ3n) is 8.04. The average Bonchev–Trinajstić information content (AvgIpc) is 3.25. The molecule has 0 N–H and O–H groups in total. The van der Waals surface area contributed by atoms with Gasteiger partial charge in [0.25, 0.3) is 5.91 Å². The Hall–Kier alpha value is -2.94. The number of rotatable bonds is 5. The fraction of sp³-hybridized carbons (Fsp3) is 0.667. The third kappa shape index (κ3) is 6.45. The highest BCUT2D eigenvalue weighted by Crippen LogP contribution is 2.40. The molecule has 214 valence electrons. The van der Waals surface area contributed by atoms with Crippen LogP contribution in [-0.4, -0.2) is 89.6 Å². The quantitative estimate of drug-likeness (QED) is 0.531. The Morgan fingerprint density at radius 1 is 1.03 bits per heavy atom. The van der Waals surface area contributed by atoms with Crippen LogP contribution >= 0.6 is 0 Å². The van der Waals surface area contributed by atoms with Gasteiger partial charge in [0.05, 0.1) is 19.1 Å². The first-order chi connectivity index (χ1) is 18.4. The largest absolute Gasteiger partial charge is 0.466 e. The number of esters is 1.